The van der Waals surface area contributed by atoms with Crippen LogP contribution >= 0.6 is 11.3 Å². The average molecular weight is 382 g/mol. The van der Waals surface area contributed by atoms with Gasteiger partial charge in [0, 0.05) is 18.7 Å². The lowest BCUT2D eigenvalue weighted by molar-refractivity contribution is 0.0696. The van der Waals surface area contributed by atoms with Gasteiger partial charge in [0.1, 0.15) is 4.88 Å². The van der Waals surface area contributed by atoms with Gasteiger partial charge >= 0.3 is 0 Å². The first-order chi connectivity index (χ1) is 13.3. The van der Waals surface area contributed by atoms with Crippen molar-refractivity contribution in [3.8, 4) is 22.0 Å². The van der Waals surface area contributed by atoms with Crippen molar-refractivity contribution in [2.75, 3.05) is 26.7 Å². The standard InChI is InChI=1S/C21H23N3O2S/c1-22-14-15-9-11-24(12-10-15)21(25)19-18(16-6-3-2-4-7-16)23-20(27-19)17-8-5-13-26-17/h2-8,13,15,22H,9-12,14H2,1H3. The Labute approximate surface area is 163 Å². The number of thiazole rings is 1. The van der Waals surface area contributed by atoms with Crippen LogP contribution in [-0.2, 0) is 0 Å². The number of piperidine rings is 1. The summed E-state index contributed by atoms with van der Waals surface area (Å²) in [5.41, 5.74) is 1.70. The first-order valence-electron chi connectivity index (χ1n) is 9.30. The number of carbonyl (C=O) groups is 1. The van der Waals surface area contributed by atoms with Crippen molar-refractivity contribution in [1.82, 2.24) is 15.2 Å². The molecule has 0 bridgehead atoms. The molecule has 1 fully saturated rings. The van der Waals surface area contributed by atoms with Gasteiger partial charge < -0.3 is 14.6 Å². The number of amides is 1. The zero-order valence-electron chi connectivity index (χ0n) is 15.4. The quantitative estimate of drug-likeness (QED) is 0.722. The number of rotatable bonds is 5. The molecule has 1 saturated heterocycles. The summed E-state index contributed by atoms with van der Waals surface area (Å²) in [6, 6.07) is 13.6. The van der Waals surface area contributed by atoms with Gasteiger partial charge in [0.2, 0.25) is 0 Å². The van der Waals surface area contributed by atoms with Gasteiger partial charge in [-0.2, -0.15) is 0 Å². The number of likely N-dealkylation sites (tertiary alicyclic amines) is 1. The van der Waals surface area contributed by atoms with Crippen molar-refractivity contribution >= 4 is 17.2 Å². The molecule has 3 aromatic rings. The zero-order valence-corrected chi connectivity index (χ0v) is 16.2. The maximum absolute atomic E-state index is 13.3. The van der Waals surface area contributed by atoms with Crippen LogP contribution in [0.25, 0.3) is 22.0 Å². The van der Waals surface area contributed by atoms with Crippen molar-refractivity contribution in [2.45, 2.75) is 12.8 Å². The van der Waals surface area contributed by atoms with Crippen LogP contribution in [0, 0.1) is 5.92 Å². The highest BCUT2D eigenvalue weighted by Gasteiger charge is 2.28. The Kier molecular flexibility index (Phi) is 5.36. The zero-order chi connectivity index (χ0) is 18.6. The number of nitrogens with one attached hydrogen (secondary N) is 1. The van der Waals surface area contributed by atoms with Crippen molar-refractivity contribution in [1.29, 1.82) is 0 Å². The third kappa shape index (κ3) is 3.82. The summed E-state index contributed by atoms with van der Waals surface area (Å²) in [6.07, 6.45) is 3.71. The Morgan fingerprint density at radius 2 is 2.00 bits per heavy atom. The van der Waals surface area contributed by atoms with Crippen LogP contribution in [0.3, 0.4) is 0 Å². The second-order valence-corrected chi connectivity index (χ2v) is 7.83. The molecule has 140 valence electrons. The van der Waals surface area contributed by atoms with E-state index in [1.807, 2.05) is 54.4 Å². The van der Waals surface area contributed by atoms with Gasteiger partial charge in [-0.25, -0.2) is 4.98 Å². The number of aromatic nitrogens is 1. The van der Waals surface area contributed by atoms with Crippen LogP contribution in [-0.4, -0.2) is 42.5 Å². The second-order valence-electron chi connectivity index (χ2n) is 6.83. The maximum atomic E-state index is 13.3. The fourth-order valence-corrected chi connectivity index (χ4v) is 4.56. The van der Waals surface area contributed by atoms with Crippen LogP contribution in [0.15, 0.2) is 53.1 Å². The molecule has 0 atom stereocenters. The van der Waals surface area contributed by atoms with E-state index in [0.717, 1.165) is 48.7 Å². The van der Waals surface area contributed by atoms with Crippen molar-refractivity contribution in [3.05, 3.63) is 53.6 Å². The summed E-state index contributed by atoms with van der Waals surface area (Å²) < 4.78 is 5.51. The van der Waals surface area contributed by atoms with Gasteiger partial charge in [0.25, 0.3) is 5.91 Å². The molecule has 0 radical (unpaired) electrons. The molecular formula is C21H23N3O2S. The maximum Gasteiger partial charge on any atom is 0.266 e. The third-order valence-corrected chi connectivity index (χ3v) is 6.05. The number of nitrogens with zero attached hydrogens (tertiary/aromatic N) is 2. The Morgan fingerprint density at radius 1 is 1.22 bits per heavy atom. The molecule has 1 N–H and O–H groups in total. The number of furan rings is 1. The molecule has 5 nitrogen and oxygen atoms in total. The van der Waals surface area contributed by atoms with E-state index in [1.165, 1.54) is 11.3 Å². The molecule has 27 heavy (non-hydrogen) atoms. The van der Waals surface area contributed by atoms with E-state index in [-0.39, 0.29) is 5.91 Å². The first-order valence-corrected chi connectivity index (χ1v) is 10.1. The van der Waals surface area contributed by atoms with Crippen molar-refractivity contribution < 1.29 is 9.21 Å². The molecule has 1 aromatic carbocycles. The van der Waals surface area contributed by atoms with E-state index >= 15 is 0 Å². The van der Waals surface area contributed by atoms with E-state index < -0.39 is 0 Å². The first kappa shape index (κ1) is 17.9. The highest BCUT2D eigenvalue weighted by Crippen LogP contribution is 2.35. The van der Waals surface area contributed by atoms with Crippen LogP contribution in [0.5, 0.6) is 0 Å². The van der Waals surface area contributed by atoms with E-state index in [0.29, 0.717) is 16.6 Å². The minimum absolute atomic E-state index is 0.0760. The number of benzene rings is 1. The number of carbonyl (C=O) groups excluding carboxylic acids is 1. The molecular weight excluding hydrogens is 358 g/mol. The minimum Gasteiger partial charge on any atom is -0.462 e. The summed E-state index contributed by atoms with van der Waals surface area (Å²) in [5, 5.41) is 3.98. The van der Waals surface area contributed by atoms with Gasteiger partial charge in [0.05, 0.1) is 12.0 Å². The summed E-state index contributed by atoms with van der Waals surface area (Å²) in [5.74, 6) is 1.42. The van der Waals surface area contributed by atoms with Gasteiger partial charge in [0.15, 0.2) is 10.8 Å². The molecule has 0 saturated carbocycles. The van der Waals surface area contributed by atoms with Crippen LogP contribution in [0.2, 0.25) is 0 Å². The Morgan fingerprint density at radius 3 is 2.67 bits per heavy atom. The lowest BCUT2D eigenvalue weighted by atomic mass is 9.96. The van der Waals surface area contributed by atoms with E-state index in [9.17, 15) is 4.79 Å². The fraction of sp³-hybridized carbons (Fsp3) is 0.333. The Bertz CT molecular complexity index is 882. The lowest BCUT2D eigenvalue weighted by Gasteiger charge is -2.31. The largest absolute Gasteiger partial charge is 0.462 e. The summed E-state index contributed by atoms with van der Waals surface area (Å²) in [7, 11) is 1.98. The molecule has 2 aromatic heterocycles. The highest BCUT2D eigenvalue weighted by molar-refractivity contribution is 7.17. The average Bonchev–Trinajstić information content (AvgIpc) is 3.39. The van der Waals surface area contributed by atoms with Gasteiger partial charge in [-0.05, 0) is 44.5 Å². The SMILES string of the molecule is CNCC1CCN(C(=O)c2sc(-c3ccco3)nc2-c2ccccc2)CC1. The molecule has 1 aliphatic rings. The molecule has 4 rings (SSSR count). The third-order valence-electron chi connectivity index (χ3n) is 5.00. The predicted octanol–water partition coefficient (Wildman–Crippen LogP) is 4.14. The minimum atomic E-state index is 0.0760. The lowest BCUT2D eigenvalue weighted by Crippen LogP contribution is -2.40. The monoisotopic (exact) mass is 381 g/mol. The van der Waals surface area contributed by atoms with Crippen LogP contribution in [0.1, 0.15) is 22.5 Å². The normalized spacial score (nSPS) is 15.2. The Hall–Kier alpha value is -2.44. The number of hydrogen-bond acceptors (Lipinski definition) is 5. The van der Waals surface area contributed by atoms with Crippen molar-refractivity contribution in [2.24, 2.45) is 5.92 Å². The molecule has 1 aliphatic heterocycles. The van der Waals surface area contributed by atoms with Gasteiger partial charge in [-0.15, -0.1) is 11.3 Å². The van der Waals surface area contributed by atoms with Crippen molar-refractivity contribution in [3.63, 3.8) is 0 Å². The topological polar surface area (TPSA) is 58.4 Å². The van der Waals surface area contributed by atoms with Crippen LogP contribution in [0.4, 0.5) is 0 Å². The predicted molar refractivity (Wildman–Crippen MR) is 108 cm³/mol. The summed E-state index contributed by atoms with van der Waals surface area (Å²) in [4.78, 5) is 20.7. The van der Waals surface area contributed by atoms with Gasteiger partial charge in [-0.1, -0.05) is 30.3 Å². The molecule has 0 aliphatic carbocycles. The summed E-state index contributed by atoms with van der Waals surface area (Å²) in [6.45, 7) is 2.61. The second kappa shape index (κ2) is 8.06. The molecule has 0 unspecified atom stereocenters. The van der Waals surface area contributed by atoms with E-state index in [2.05, 4.69) is 5.32 Å². The fourth-order valence-electron chi connectivity index (χ4n) is 3.53. The summed E-state index contributed by atoms with van der Waals surface area (Å²) >= 11 is 1.42. The highest BCUT2D eigenvalue weighted by atomic mass is 32.1. The molecule has 6 heteroatoms. The van der Waals surface area contributed by atoms with Gasteiger partial charge in [-0.3, -0.25) is 4.79 Å². The molecule has 3 heterocycles. The van der Waals surface area contributed by atoms with E-state index in [4.69, 9.17) is 9.40 Å². The number of hydrogen-bond donors (Lipinski definition) is 1. The molecule has 1 amide bonds. The molecule has 0 spiro atoms. The Balaban J connectivity index is 1.64. The van der Waals surface area contributed by atoms with Crippen LogP contribution < -0.4 is 5.32 Å². The smallest absolute Gasteiger partial charge is 0.266 e. The van der Waals surface area contributed by atoms with E-state index in [1.54, 1.807) is 6.26 Å².